The molecular formula is C11H17F3N4O2S. The van der Waals surface area contributed by atoms with E-state index in [0.717, 1.165) is 6.07 Å². The van der Waals surface area contributed by atoms with Crippen LogP contribution in [-0.4, -0.2) is 42.6 Å². The van der Waals surface area contributed by atoms with Gasteiger partial charge in [-0.1, -0.05) is 0 Å². The molecule has 10 heteroatoms. The lowest BCUT2D eigenvalue weighted by Crippen LogP contribution is -2.44. The Kier molecular flexibility index (Phi) is 4.31. The van der Waals surface area contributed by atoms with Crippen molar-refractivity contribution in [3.63, 3.8) is 0 Å². The van der Waals surface area contributed by atoms with Gasteiger partial charge in [0.25, 0.3) is 10.2 Å². The third-order valence-corrected chi connectivity index (χ3v) is 5.14. The van der Waals surface area contributed by atoms with E-state index >= 15 is 0 Å². The van der Waals surface area contributed by atoms with E-state index in [1.54, 1.807) is 6.92 Å². The van der Waals surface area contributed by atoms with E-state index in [0.29, 0.717) is 18.5 Å². The van der Waals surface area contributed by atoms with Crippen LogP contribution in [0.1, 0.15) is 30.3 Å². The van der Waals surface area contributed by atoms with Crippen molar-refractivity contribution in [1.29, 1.82) is 0 Å². The van der Waals surface area contributed by atoms with E-state index in [1.807, 2.05) is 0 Å². The predicted octanol–water partition coefficient (Wildman–Crippen LogP) is 1.31. The molecule has 1 aromatic heterocycles. The highest BCUT2D eigenvalue weighted by atomic mass is 32.2. The first-order chi connectivity index (χ1) is 9.65. The van der Waals surface area contributed by atoms with E-state index in [4.69, 9.17) is 0 Å². The summed E-state index contributed by atoms with van der Waals surface area (Å²) in [5.41, 5.74) is -0.484. The third-order valence-electron chi connectivity index (χ3n) is 3.58. The van der Waals surface area contributed by atoms with E-state index in [-0.39, 0.29) is 19.1 Å². The Labute approximate surface area is 121 Å². The molecule has 0 atom stereocenters. The van der Waals surface area contributed by atoms with Crippen LogP contribution < -0.4 is 4.72 Å². The molecule has 1 aliphatic heterocycles. The number of nitrogens with one attached hydrogen (secondary N) is 1. The highest BCUT2D eigenvalue weighted by molar-refractivity contribution is 7.87. The van der Waals surface area contributed by atoms with Crippen LogP contribution in [0.15, 0.2) is 6.07 Å². The zero-order chi connectivity index (χ0) is 15.8. The molecule has 2 rings (SSSR count). The molecule has 6 nitrogen and oxygen atoms in total. The Hall–Kier alpha value is -1.13. The van der Waals surface area contributed by atoms with Crippen molar-refractivity contribution < 1.29 is 21.6 Å². The Morgan fingerprint density at radius 1 is 1.33 bits per heavy atom. The zero-order valence-corrected chi connectivity index (χ0v) is 12.5. The monoisotopic (exact) mass is 326 g/mol. The molecule has 0 amide bonds. The summed E-state index contributed by atoms with van der Waals surface area (Å²) in [4.78, 5) is 0. The van der Waals surface area contributed by atoms with Crippen LogP contribution in [0, 0.1) is 6.92 Å². The molecule has 0 spiro atoms. The molecule has 1 aliphatic rings. The molecule has 0 saturated carbocycles. The van der Waals surface area contributed by atoms with Crippen LogP contribution in [-0.2, 0) is 16.4 Å². The molecule has 0 aliphatic carbocycles. The molecule has 0 bridgehead atoms. The molecule has 1 aromatic rings. The van der Waals surface area contributed by atoms with Crippen molar-refractivity contribution in [2.24, 2.45) is 0 Å². The summed E-state index contributed by atoms with van der Waals surface area (Å²) in [5, 5.41) is 3.62. The van der Waals surface area contributed by atoms with Gasteiger partial charge in [-0.3, -0.25) is 4.68 Å². The van der Waals surface area contributed by atoms with Gasteiger partial charge in [-0.05, 0) is 25.8 Å². The normalized spacial score (nSPS) is 19.1. The second-order valence-electron chi connectivity index (χ2n) is 4.95. The highest BCUT2D eigenvalue weighted by Crippen LogP contribution is 2.31. The van der Waals surface area contributed by atoms with Crippen molar-refractivity contribution in [3.05, 3.63) is 17.5 Å². The minimum absolute atomic E-state index is 0.218. The van der Waals surface area contributed by atoms with Crippen molar-refractivity contribution in [2.45, 2.75) is 32.0 Å². The number of rotatable bonds is 3. The van der Waals surface area contributed by atoms with Gasteiger partial charge in [0.05, 0.1) is 6.04 Å². The summed E-state index contributed by atoms with van der Waals surface area (Å²) in [7, 11) is -2.15. The van der Waals surface area contributed by atoms with E-state index < -0.39 is 22.1 Å². The second-order valence-corrected chi connectivity index (χ2v) is 6.83. The van der Waals surface area contributed by atoms with Gasteiger partial charge < -0.3 is 0 Å². The average Bonchev–Trinajstić information content (AvgIpc) is 2.81. The number of alkyl halides is 3. The number of aryl methyl sites for hydroxylation is 1. The number of aromatic nitrogens is 2. The maximum absolute atomic E-state index is 12.6. The molecule has 120 valence electrons. The largest absolute Gasteiger partial charge is 0.435 e. The van der Waals surface area contributed by atoms with Crippen molar-refractivity contribution in [2.75, 3.05) is 20.1 Å². The molecule has 1 N–H and O–H groups in total. The van der Waals surface area contributed by atoms with Crippen molar-refractivity contribution in [3.8, 4) is 0 Å². The van der Waals surface area contributed by atoms with Crippen molar-refractivity contribution in [1.82, 2.24) is 18.8 Å². The van der Waals surface area contributed by atoms with Gasteiger partial charge in [0, 0.05) is 25.8 Å². The number of halogens is 3. The molecule has 0 aromatic carbocycles. The van der Waals surface area contributed by atoms with Crippen molar-refractivity contribution >= 4 is 10.2 Å². The summed E-state index contributed by atoms with van der Waals surface area (Å²) in [6, 6.07) is 0.792. The van der Waals surface area contributed by atoms with Gasteiger partial charge >= 0.3 is 6.18 Å². The molecule has 2 heterocycles. The minimum atomic E-state index is -4.47. The number of nitrogens with zero attached hydrogens (tertiary/aromatic N) is 3. The lowest BCUT2D eigenvalue weighted by atomic mass is 10.1. The Balaban J connectivity index is 2.11. The van der Waals surface area contributed by atoms with Gasteiger partial charge in [0.1, 0.15) is 0 Å². The molecule has 0 unspecified atom stereocenters. The van der Waals surface area contributed by atoms with Gasteiger partial charge in [0.2, 0.25) is 0 Å². The second kappa shape index (κ2) is 5.58. The summed E-state index contributed by atoms with van der Waals surface area (Å²) < 4.78 is 66.1. The molecule has 0 radical (unpaired) electrons. The quantitative estimate of drug-likeness (QED) is 0.911. The summed E-state index contributed by atoms with van der Waals surface area (Å²) in [5.74, 6) is 0. The van der Waals surface area contributed by atoms with Crippen LogP contribution >= 0.6 is 0 Å². The van der Waals surface area contributed by atoms with Gasteiger partial charge in [-0.15, -0.1) is 0 Å². The maximum atomic E-state index is 12.6. The first kappa shape index (κ1) is 16.2. The molecular weight excluding hydrogens is 309 g/mol. The lowest BCUT2D eigenvalue weighted by molar-refractivity contribution is -0.141. The van der Waals surface area contributed by atoms with E-state index in [1.165, 1.54) is 16.0 Å². The summed E-state index contributed by atoms with van der Waals surface area (Å²) in [6.07, 6.45) is -3.60. The fraction of sp³-hybridized carbons (Fsp3) is 0.727. The predicted molar refractivity (Wildman–Crippen MR) is 69.8 cm³/mol. The average molecular weight is 326 g/mol. The van der Waals surface area contributed by atoms with Crippen LogP contribution in [0.2, 0.25) is 0 Å². The summed E-state index contributed by atoms with van der Waals surface area (Å²) in [6.45, 7) is 2.09. The van der Waals surface area contributed by atoms with Gasteiger partial charge in [-0.2, -0.15) is 31.0 Å². The fourth-order valence-electron chi connectivity index (χ4n) is 2.45. The maximum Gasteiger partial charge on any atom is 0.435 e. The van der Waals surface area contributed by atoms with Crippen LogP contribution in [0.4, 0.5) is 13.2 Å². The Morgan fingerprint density at radius 2 is 1.90 bits per heavy atom. The standard InChI is InChI=1S/C11H17F3N4O2S/c1-8-7-10(11(12,13)14)16-18(8)9-3-5-17(6-4-9)21(19,20)15-2/h7,9,15H,3-6H2,1-2H3. The molecule has 21 heavy (non-hydrogen) atoms. The van der Waals surface area contributed by atoms with E-state index in [2.05, 4.69) is 9.82 Å². The summed E-state index contributed by atoms with van der Waals surface area (Å²) >= 11 is 0. The number of hydrogen-bond acceptors (Lipinski definition) is 3. The number of hydrogen-bond donors (Lipinski definition) is 1. The first-order valence-electron chi connectivity index (χ1n) is 6.47. The minimum Gasteiger partial charge on any atom is -0.266 e. The lowest BCUT2D eigenvalue weighted by Gasteiger charge is -2.31. The first-order valence-corrected chi connectivity index (χ1v) is 7.91. The fourth-order valence-corrected chi connectivity index (χ4v) is 3.40. The number of piperidine rings is 1. The Bertz CT molecular complexity index is 603. The zero-order valence-electron chi connectivity index (χ0n) is 11.7. The molecule has 1 saturated heterocycles. The SMILES string of the molecule is CNS(=O)(=O)N1CCC(n2nc(C(F)(F)F)cc2C)CC1. The highest BCUT2D eigenvalue weighted by Gasteiger charge is 2.36. The van der Waals surface area contributed by atoms with E-state index in [9.17, 15) is 21.6 Å². The van der Waals surface area contributed by atoms with Crippen LogP contribution in [0.5, 0.6) is 0 Å². The van der Waals surface area contributed by atoms with Crippen LogP contribution in [0.3, 0.4) is 0 Å². The topological polar surface area (TPSA) is 67.2 Å². The molecule has 1 fully saturated rings. The van der Waals surface area contributed by atoms with Crippen LogP contribution in [0.25, 0.3) is 0 Å². The Morgan fingerprint density at radius 3 is 2.33 bits per heavy atom. The van der Waals surface area contributed by atoms with Gasteiger partial charge in [-0.25, -0.2) is 4.72 Å². The van der Waals surface area contributed by atoms with Gasteiger partial charge in [0.15, 0.2) is 5.69 Å². The smallest absolute Gasteiger partial charge is 0.266 e. The third kappa shape index (κ3) is 3.38.